The van der Waals surface area contributed by atoms with Gasteiger partial charge in [-0.1, -0.05) is 38.1 Å². The number of likely N-dealkylation sites (tertiary alicyclic amines) is 1. The number of aromatic nitrogens is 2. The van der Waals surface area contributed by atoms with Gasteiger partial charge < -0.3 is 10.6 Å². The summed E-state index contributed by atoms with van der Waals surface area (Å²) in [5, 5.41) is 11.3. The fraction of sp³-hybridized carbons (Fsp3) is 0.545. The maximum absolute atomic E-state index is 4.42. The van der Waals surface area contributed by atoms with E-state index >= 15 is 0 Å². The second kappa shape index (κ2) is 10.3. The summed E-state index contributed by atoms with van der Waals surface area (Å²) in [5.74, 6) is 1.48. The molecule has 1 atom stereocenters. The minimum Gasteiger partial charge on any atom is -0.355 e. The van der Waals surface area contributed by atoms with Crippen molar-refractivity contribution in [2.24, 2.45) is 10.9 Å². The van der Waals surface area contributed by atoms with Crippen LogP contribution in [0.4, 0.5) is 0 Å². The highest BCUT2D eigenvalue weighted by atomic mass is 15.3. The number of benzene rings is 1. The van der Waals surface area contributed by atoms with Gasteiger partial charge in [-0.2, -0.15) is 5.10 Å². The molecule has 2 heterocycles. The first kappa shape index (κ1) is 20.4. The SMILES string of the molecule is CN=C(NCc1ccccc1Cn1cccn1)NCC(C(C)C)N1CCCC1. The molecule has 1 saturated heterocycles. The van der Waals surface area contributed by atoms with Gasteiger partial charge in [0, 0.05) is 38.6 Å². The molecular formula is C22H34N6. The van der Waals surface area contributed by atoms with Gasteiger partial charge in [-0.3, -0.25) is 14.6 Å². The third-order valence-corrected chi connectivity index (χ3v) is 5.54. The normalized spacial score (nSPS) is 16.5. The Kier molecular flexibility index (Phi) is 7.48. The van der Waals surface area contributed by atoms with E-state index in [1.807, 2.05) is 30.2 Å². The predicted octanol–water partition coefficient (Wildman–Crippen LogP) is 2.72. The molecule has 0 aliphatic carbocycles. The molecule has 6 nitrogen and oxygen atoms in total. The molecule has 0 amide bonds. The standard InChI is InChI=1S/C22H34N6/c1-18(2)21(27-12-6-7-13-27)16-25-22(23-3)24-15-19-9-4-5-10-20(19)17-28-14-8-11-26-28/h4-5,8-11,14,18,21H,6-7,12-13,15-17H2,1-3H3,(H2,23,24,25). The van der Waals surface area contributed by atoms with E-state index in [-0.39, 0.29) is 0 Å². The molecule has 1 aliphatic rings. The number of hydrogen-bond donors (Lipinski definition) is 2. The lowest BCUT2D eigenvalue weighted by Crippen LogP contribution is -2.48. The van der Waals surface area contributed by atoms with Crippen molar-refractivity contribution < 1.29 is 0 Å². The summed E-state index contributed by atoms with van der Waals surface area (Å²) in [7, 11) is 1.84. The quantitative estimate of drug-likeness (QED) is 0.544. The molecule has 2 aromatic rings. The summed E-state index contributed by atoms with van der Waals surface area (Å²) >= 11 is 0. The van der Waals surface area contributed by atoms with Crippen LogP contribution in [0.3, 0.4) is 0 Å². The van der Waals surface area contributed by atoms with E-state index in [0.29, 0.717) is 12.0 Å². The lowest BCUT2D eigenvalue weighted by molar-refractivity contribution is 0.192. The Hall–Kier alpha value is -2.34. The van der Waals surface area contributed by atoms with Gasteiger partial charge in [-0.05, 0) is 49.0 Å². The third-order valence-electron chi connectivity index (χ3n) is 5.54. The molecule has 1 unspecified atom stereocenters. The minimum absolute atomic E-state index is 0.549. The predicted molar refractivity (Wildman–Crippen MR) is 115 cm³/mol. The molecule has 0 bridgehead atoms. The monoisotopic (exact) mass is 382 g/mol. The molecule has 2 N–H and O–H groups in total. The lowest BCUT2D eigenvalue weighted by Gasteiger charge is -2.31. The van der Waals surface area contributed by atoms with Crippen LogP contribution < -0.4 is 10.6 Å². The summed E-state index contributed by atoms with van der Waals surface area (Å²) in [5.41, 5.74) is 2.53. The smallest absolute Gasteiger partial charge is 0.191 e. The van der Waals surface area contributed by atoms with E-state index in [0.717, 1.165) is 25.6 Å². The molecule has 1 fully saturated rings. The van der Waals surface area contributed by atoms with Crippen molar-refractivity contribution in [1.29, 1.82) is 0 Å². The van der Waals surface area contributed by atoms with Gasteiger partial charge in [0.1, 0.15) is 0 Å². The van der Waals surface area contributed by atoms with E-state index in [4.69, 9.17) is 0 Å². The molecule has 0 spiro atoms. The van der Waals surface area contributed by atoms with Crippen LogP contribution in [0.15, 0.2) is 47.7 Å². The van der Waals surface area contributed by atoms with Crippen molar-refractivity contribution in [1.82, 2.24) is 25.3 Å². The van der Waals surface area contributed by atoms with Crippen LogP contribution in [0.1, 0.15) is 37.8 Å². The molecule has 1 aromatic heterocycles. The highest BCUT2D eigenvalue weighted by Crippen LogP contribution is 2.17. The molecular weight excluding hydrogens is 348 g/mol. The molecule has 152 valence electrons. The highest BCUT2D eigenvalue weighted by Gasteiger charge is 2.24. The summed E-state index contributed by atoms with van der Waals surface area (Å²) in [4.78, 5) is 7.04. The Labute approximate surface area is 169 Å². The molecule has 6 heteroatoms. The molecule has 0 saturated carbocycles. The van der Waals surface area contributed by atoms with Crippen molar-refractivity contribution in [3.63, 3.8) is 0 Å². The average Bonchev–Trinajstić information content (AvgIpc) is 3.39. The summed E-state index contributed by atoms with van der Waals surface area (Å²) in [6.45, 7) is 9.51. The van der Waals surface area contributed by atoms with Crippen LogP contribution >= 0.6 is 0 Å². The molecule has 28 heavy (non-hydrogen) atoms. The second-order valence-electron chi connectivity index (χ2n) is 7.83. The van der Waals surface area contributed by atoms with Crippen LogP contribution in [0.25, 0.3) is 0 Å². The first-order chi connectivity index (χ1) is 13.7. The zero-order valence-electron chi connectivity index (χ0n) is 17.4. The maximum Gasteiger partial charge on any atom is 0.191 e. The van der Waals surface area contributed by atoms with Crippen molar-refractivity contribution in [2.45, 2.75) is 45.8 Å². The Morgan fingerprint density at radius 1 is 1.11 bits per heavy atom. The van der Waals surface area contributed by atoms with Crippen LogP contribution in [-0.4, -0.2) is 53.4 Å². The summed E-state index contributed by atoms with van der Waals surface area (Å²) < 4.78 is 1.95. The van der Waals surface area contributed by atoms with E-state index in [2.05, 4.69) is 63.7 Å². The van der Waals surface area contributed by atoms with Crippen molar-refractivity contribution in [2.75, 3.05) is 26.7 Å². The first-order valence-electron chi connectivity index (χ1n) is 10.4. The molecule has 3 rings (SSSR count). The van der Waals surface area contributed by atoms with E-state index in [1.165, 1.54) is 37.1 Å². The zero-order valence-corrected chi connectivity index (χ0v) is 17.4. The van der Waals surface area contributed by atoms with Crippen molar-refractivity contribution in [3.8, 4) is 0 Å². The van der Waals surface area contributed by atoms with Crippen molar-refractivity contribution >= 4 is 5.96 Å². The minimum atomic E-state index is 0.549. The zero-order chi connectivity index (χ0) is 19.8. The van der Waals surface area contributed by atoms with Gasteiger partial charge >= 0.3 is 0 Å². The molecule has 1 aliphatic heterocycles. The Morgan fingerprint density at radius 2 is 1.86 bits per heavy atom. The van der Waals surface area contributed by atoms with Crippen LogP contribution in [0.2, 0.25) is 0 Å². The summed E-state index contributed by atoms with van der Waals surface area (Å²) in [6, 6.07) is 11.0. The topological polar surface area (TPSA) is 57.5 Å². The number of hydrogen-bond acceptors (Lipinski definition) is 3. The number of nitrogens with zero attached hydrogens (tertiary/aromatic N) is 4. The van der Waals surface area contributed by atoms with Crippen LogP contribution in [-0.2, 0) is 13.1 Å². The largest absolute Gasteiger partial charge is 0.355 e. The number of rotatable bonds is 8. The lowest BCUT2D eigenvalue weighted by atomic mass is 10.0. The Balaban J connectivity index is 1.55. The van der Waals surface area contributed by atoms with Gasteiger partial charge in [0.2, 0.25) is 0 Å². The summed E-state index contributed by atoms with van der Waals surface area (Å²) in [6.07, 6.45) is 6.46. The van der Waals surface area contributed by atoms with E-state index < -0.39 is 0 Å². The number of aliphatic imine (C=N–C) groups is 1. The first-order valence-corrected chi connectivity index (χ1v) is 10.4. The average molecular weight is 383 g/mol. The Morgan fingerprint density at radius 3 is 2.50 bits per heavy atom. The van der Waals surface area contributed by atoms with Crippen LogP contribution in [0.5, 0.6) is 0 Å². The molecule has 0 radical (unpaired) electrons. The van der Waals surface area contributed by atoms with Gasteiger partial charge in [-0.25, -0.2) is 0 Å². The highest BCUT2D eigenvalue weighted by molar-refractivity contribution is 5.79. The van der Waals surface area contributed by atoms with Crippen molar-refractivity contribution in [3.05, 3.63) is 53.9 Å². The third kappa shape index (κ3) is 5.58. The van der Waals surface area contributed by atoms with Gasteiger partial charge in [-0.15, -0.1) is 0 Å². The fourth-order valence-electron chi connectivity index (χ4n) is 3.91. The Bertz CT molecular complexity index is 731. The molecule has 1 aromatic carbocycles. The fourth-order valence-corrected chi connectivity index (χ4v) is 3.91. The van der Waals surface area contributed by atoms with E-state index in [1.54, 1.807) is 0 Å². The maximum atomic E-state index is 4.42. The number of nitrogens with one attached hydrogen (secondary N) is 2. The van der Waals surface area contributed by atoms with Crippen LogP contribution in [0, 0.1) is 5.92 Å². The van der Waals surface area contributed by atoms with E-state index in [9.17, 15) is 0 Å². The van der Waals surface area contributed by atoms with Gasteiger partial charge in [0.15, 0.2) is 5.96 Å². The van der Waals surface area contributed by atoms with Gasteiger partial charge in [0.05, 0.1) is 6.54 Å². The van der Waals surface area contributed by atoms with Gasteiger partial charge in [0.25, 0.3) is 0 Å². The number of guanidine groups is 1. The second-order valence-corrected chi connectivity index (χ2v) is 7.83.